The molecular weight excluding hydrogens is 424 g/mol. The topological polar surface area (TPSA) is 89.3 Å². The molecule has 0 saturated carbocycles. The molecule has 0 aliphatic carbocycles. The van der Waals surface area contributed by atoms with Gasteiger partial charge in [-0.3, -0.25) is 9.36 Å². The van der Waals surface area contributed by atoms with E-state index < -0.39 is 0 Å². The zero-order chi connectivity index (χ0) is 22.3. The Balaban J connectivity index is 1.55. The second-order valence-electron chi connectivity index (χ2n) is 6.94. The molecule has 162 valence electrons. The number of nitrogens with one attached hydrogen (secondary N) is 1. The van der Waals surface area contributed by atoms with Crippen LogP contribution < -0.4 is 10.1 Å². The molecule has 0 aliphatic heterocycles. The number of aromatic hydroxyl groups is 1. The number of benzene rings is 3. The molecule has 0 fully saturated rings. The molecule has 4 rings (SSSR count). The first-order chi connectivity index (χ1) is 15.6. The Hall–Kier alpha value is -3.78. The zero-order valence-corrected chi connectivity index (χ0v) is 18.2. The molecule has 0 atom stereocenters. The van der Waals surface area contributed by atoms with Crippen LogP contribution in [0.3, 0.4) is 0 Å². The van der Waals surface area contributed by atoms with Gasteiger partial charge in [0.1, 0.15) is 11.5 Å². The van der Waals surface area contributed by atoms with Crippen LogP contribution in [0.25, 0.3) is 17.1 Å². The summed E-state index contributed by atoms with van der Waals surface area (Å²) in [7, 11) is 1.62. The quantitative estimate of drug-likeness (QED) is 0.397. The summed E-state index contributed by atoms with van der Waals surface area (Å²) in [6.07, 6.45) is 0. The lowest BCUT2D eigenvalue weighted by Gasteiger charge is -2.11. The number of thioether (sulfide) groups is 1. The highest BCUT2D eigenvalue weighted by Crippen LogP contribution is 2.29. The summed E-state index contributed by atoms with van der Waals surface area (Å²) in [5.74, 6) is 1.64. The Labute approximate surface area is 190 Å². The molecule has 1 aromatic heterocycles. The molecule has 7 nitrogen and oxygen atoms in total. The van der Waals surface area contributed by atoms with Gasteiger partial charge in [-0.25, -0.2) is 0 Å². The average molecular weight is 447 g/mol. The van der Waals surface area contributed by atoms with E-state index in [1.807, 2.05) is 59.2 Å². The molecule has 1 heterocycles. The normalized spacial score (nSPS) is 10.7. The van der Waals surface area contributed by atoms with Gasteiger partial charge in [-0.05, 0) is 54.1 Å². The van der Waals surface area contributed by atoms with Crippen molar-refractivity contribution in [3.63, 3.8) is 0 Å². The maximum absolute atomic E-state index is 12.4. The number of amides is 1. The molecule has 2 N–H and O–H groups in total. The first kappa shape index (κ1) is 21.5. The Kier molecular flexibility index (Phi) is 6.72. The van der Waals surface area contributed by atoms with E-state index in [2.05, 4.69) is 15.5 Å². The van der Waals surface area contributed by atoms with Gasteiger partial charge in [-0.1, -0.05) is 42.1 Å². The van der Waals surface area contributed by atoms with Crippen molar-refractivity contribution in [2.45, 2.75) is 11.7 Å². The van der Waals surface area contributed by atoms with Gasteiger partial charge in [0.05, 0.1) is 12.9 Å². The Morgan fingerprint density at radius 2 is 1.72 bits per heavy atom. The number of hydrogen-bond donors (Lipinski definition) is 2. The van der Waals surface area contributed by atoms with Gasteiger partial charge in [-0.2, -0.15) is 0 Å². The SMILES string of the molecule is COc1ccc(-n2c(SCC(=O)NCc3ccccc3)nnc2-c2ccc(O)cc2)cc1. The van der Waals surface area contributed by atoms with Crippen LogP contribution in [0.4, 0.5) is 0 Å². The predicted molar refractivity (Wildman–Crippen MR) is 124 cm³/mol. The fourth-order valence-corrected chi connectivity index (χ4v) is 3.88. The van der Waals surface area contributed by atoms with Crippen molar-refractivity contribution in [2.75, 3.05) is 12.9 Å². The highest BCUT2D eigenvalue weighted by Gasteiger charge is 2.17. The highest BCUT2D eigenvalue weighted by atomic mass is 32.2. The lowest BCUT2D eigenvalue weighted by atomic mass is 10.2. The summed E-state index contributed by atoms with van der Waals surface area (Å²) in [5.41, 5.74) is 2.68. The number of hydrogen-bond acceptors (Lipinski definition) is 6. The molecule has 4 aromatic rings. The second-order valence-corrected chi connectivity index (χ2v) is 7.88. The van der Waals surface area contributed by atoms with Gasteiger partial charge in [-0.15, -0.1) is 10.2 Å². The molecule has 0 bridgehead atoms. The second kappa shape index (κ2) is 10.0. The molecule has 0 unspecified atom stereocenters. The van der Waals surface area contributed by atoms with Gasteiger partial charge in [0, 0.05) is 17.8 Å². The van der Waals surface area contributed by atoms with Crippen LogP contribution >= 0.6 is 11.8 Å². The number of aromatic nitrogens is 3. The van der Waals surface area contributed by atoms with Crippen molar-refractivity contribution in [2.24, 2.45) is 0 Å². The number of ether oxygens (including phenoxy) is 1. The van der Waals surface area contributed by atoms with E-state index in [1.165, 1.54) is 11.8 Å². The summed E-state index contributed by atoms with van der Waals surface area (Å²) in [4.78, 5) is 12.4. The lowest BCUT2D eigenvalue weighted by molar-refractivity contribution is -0.118. The van der Waals surface area contributed by atoms with Gasteiger partial charge < -0.3 is 15.2 Å². The molecular formula is C24H22N4O3S. The van der Waals surface area contributed by atoms with Crippen LogP contribution in [-0.2, 0) is 11.3 Å². The standard InChI is InChI=1S/C24H22N4O3S/c1-31-21-13-9-19(10-14-21)28-23(18-7-11-20(29)12-8-18)26-27-24(28)32-16-22(30)25-15-17-5-3-2-4-6-17/h2-14,29H,15-16H2,1H3,(H,25,30). The predicted octanol–water partition coefficient (Wildman–Crippen LogP) is 4.06. The highest BCUT2D eigenvalue weighted by molar-refractivity contribution is 7.99. The third-order valence-electron chi connectivity index (χ3n) is 4.75. The fourth-order valence-electron chi connectivity index (χ4n) is 3.10. The van der Waals surface area contributed by atoms with E-state index in [-0.39, 0.29) is 17.4 Å². The van der Waals surface area contributed by atoms with Crippen molar-refractivity contribution in [1.82, 2.24) is 20.1 Å². The van der Waals surface area contributed by atoms with E-state index in [0.29, 0.717) is 17.5 Å². The average Bonchev–Trinajstić information content (AvgIpc) is 3.26. The molecule has 0 saturated heterocycles. The van der Waals surface area contributed by atoms with Gasteiger partial charge in [0.2, 0.25) is 5.91 Å². The van der Waals surface area contributed by atoms with Gasteiger partial charge >= 0.3 is 0 Å². The Morgan fingerprint density at radius 3 is 2.41 bits per heavy atom. The number of carbonyl (C=O) groups is 1. The van der Waals surface area contributed by atoms with Crippen molar-refractivity contribution in [3.05, 3.63) is 84.4 Å². The fraction of sp³-hybridized carbons (Fsp3) is 0.125. The monoisotopic (exact) mass is 446 g/mol. The van der Waals surface area contributed by atoms with Crippen LogP contribution in [0.1, 0.15) is 5.56 Å². The minimum absolute atomic E-state index is 0.0886. The molecule has 8 heteroatoms. The summed E-state index contributed by atoms with van der Waals surface area (Å²) < 4.78 is 7.15. The summed E-state index contributed by atoms with van der Waals surface area (Å²) in [6, 6.07) is 24.1. The minimum atomic E-state index is -0.0886. The van der Waals surface area contributed by atoms with E-state index >= 15 is 0 Å². The van der Waals surface area contributed by atoms with Crippen molar-refractivity contribution in [1.29, 1.82) is 0 Å². The Morgan fingerprint density at radius 1 is 1.00 bits per heavy atom. The summed E-state index contributed by atoms with van der Waals surface area (Å²) in [6.45, 7) is 0.476. The molecule has 0 radical (unpaired) electrons. The maximum atomic E-state index is 12.4. The molecule has 3 aromatic carbocycles. The maximum Gasteiger partial charge on any atom is 0.230 e. The van der Waals surface area contributed by atoms with E-state index in [0.717, 1.165) is 22.6 Å². The van der Waals surface area contributed by atoms with E-state index in [9.17, 15) is 9.90 Å². The first-order valence-electron chi connectivity index (χ1n) is 9.97. The molecule has 1 amide bonds. The van der Waals surface area contributed by atoms with Gasteiger partial charge in [0.25, 0.3) is 0 Å². The third-order valence-corrected chi connectivity index (χ3v) is 5.68. The van der Waals surface area contributed by atoms with Crippen molar-refractivity contribution < 1.29 is 14.6 Å². The number of nitrogens with zero attached hydrogens (tertiary/aromatic N) is 3. The van der Waals surface area contributed by atoms with Crippen LogP contribution in [0.5, 0.6) is 11.5 Å². The summed E-state index contributed by atoms with van der Waals surface area (Å²) >= 11 is 1.31. The Bertz CT molecular complexity index is 1180. The largest absolute Gasteiger partial charge is 0.508 e. The van der Waals surface area contributed by atoms with Crippen molar-refractivity contribution >= 4 is 17.7 Å². The van der Waals surface area contributed by atoms with Crippen LogP contribution in [0, 0.1) is 0 Å². The van der Waals surface area contributed by atoms with Crippen LogP contribution in [-0.4, -0.2) is 38.6 Å². The minimum Gasteiger partial charge on any atom is -0.508 e. The summed E-state index contributed by atoms with van der Waals surface area (Å²) in [5, 5.41) is 21.8. The number of carbonyl (C=O) groups excluding carboxylic acids is 1. The van der Waals surface area contributed by atoms with E-state index in [4.69, 9.17) is 4.74 Å². The number of phenolic OH excluding ortho intramolecular Hbond substituents is 1. The number of rotatable bonds is 8. The third kappa shape index (κ3) is 5.09. The van der Waals surface area contributed by atoms with Crippen LogP contribution in [0.2, 0.25) is 0 Å². The smallest absolute Gasteiger partial charge is 0.230 e. The number of phenols is 1. The number of methoxy groups -OCH3 is 1. The molecule has 0 spiro atoms. The lowest BCUT2D eigenvalue weighted by Crippen LogP contribution is -2.24. The molecule has 0 aliphatic rings. The van der Waals surface area contributed by atoms with Crippen molar-refractivity contribution in [3.8, 4) is 28.6 Å². The molecule has 32 heavy (non-hydrogen) atoms. The van der Waals surface area contributed by atoms with E-state index in [1.54, 1.807) is 31.4 Å². The van der Waals surface area contributed by atoms with Gasteiger partial charge in [0.15, 0.2) is 11.0 Å². The first-order valence-corrected chi connectivity index (χ1v) is 11.0. The zero-order valence-electron chi connectivity index (χ0n) is 17.4. The van der Waals surface area contributed by atoms with Crippen LogP contribution in [0.15, 0.2) is 84.0 Å².